The Balaban J connectivity index is 1.66. The van der Waals surface area contributed by atoms with E-state index in [-0.39, 0.29) is 12.0 Å². The minimum atomic E-state index is -0.872. The van der Waals surface area contributed by atoms with Gasteiger partial charge in [0.25, 0.3) is 0 Å². The van der Waals surface area contributed by atoms with Crippen molar-refractivity contribution in [1.29, 1.82) is 0 Å². The van der Waals surface area contributed by atoms with E-state index in [1.807, 2.05) is 42.1 Å². The first-order chi connectivity index (χ1) is 13.5. The number of ether oxygens (including phenoxy) is 1. The molecular formula is C20H27ClN6O. The Morgan fingerprint density at radius 3 is 2.68 bits per heavy atom. The number of nitrogens with one attached hydrogen (secondary N) is 2. The van der Waals surface area contributed by atoms with Gasteiger partial charge in [-0.05, 0) is 56.9 Å². The van der Waals surface area contributed by atoms with Gasteiger partial charge in [0.2, 0.25) is 0 Å². The van der Waals surface area contributed by atoms with Crippen LogP contribution in [0.4, 0.5) is 5.69 Å². The molecule has 1 fully saturated rings. The molecule has 0 amide bonds. The van der Waals surface area contributed by atoms with Crippen LogP contribution < -0.4 is 26.9 Å². The number of nitrogens with zero attached hydrogens (tertiary/aromatic N) is 2. The van der Waals surface area contributed by atoms with Crippen LogP contribution in [0.25, 0.3) is 5.70 Å². The fourth-order valence-electron chi connectivity index (χ4n) is 4.03. The van der Waals surface area contributed by atoms with Gasteiger partial charge in [-0.15, -0.1) is 0 Å². The number of nitrogens with two attached hydrogens (primary N) is 2. The van der Waals surface area contributed by atoms with Crippen molar-refractivity contribution in [3.63, 3.8) is 0 Å². The normalized spacial score (nSPS) is 27.1. The highest BCUT2D eigenvalue weighted by Gasteiger charge is 2.45. The third-order valence-electron chi connectivity index (χ3n) is 5.60. The van der Waals surface area contributed by atoms with Crippen molar-refractivity contribution in [3.05, 3.63) is 47.5 Å². The zero-order valence-electron chi connectivity index (χ0n) is 16.0. The number of hydrogen-bond donors (Lipinski definition) is 4. The van der Waals surface area contributed by atoms with Crippen molar-refractivity contribution in [3.8, 4) is 5.75 Å². The van der Waals surface area contributed by atoms with E-state index >= 15 is 0 Å². The largest absolute Gasteiger partial charge is 0.494 e. The minimum Gasteiger partial charge on any atom is -0.494 e. The smallest absolute Gasteiger partial charge is 0.176 e. The van der Waals surface area contributed by atoms with Gasteiger partial charge < -0.3 is 21.5 Å². The lowest BCUT2D eigenvalue weighted by atomic mass is 9.77. The zero-order chi connectivity index (χ0) is 19.7. The molecule has 150 valence electrons. The first-order valence-corrected chi connectivity index (χ1v) is 10.2. The number of aromatic nitrogens is 2. The molecule has 6 N–H and O–H groups in total. The summed E-state index contributed by atoms with van der Waals surface area (Å²) in [6, 6.07) is 8.00. The van der Waals surface area contributed by atoms with Gasteiger partial charge in [0.15, 0.2) is 5.82 Å². The molecule has 1 aromatic heterocycles. The molecule has 2 heterocycles. The van der Waals surface area contributed by atoms with Crippen LogP contribution in [0, 0.1) is 5.92 Å². The second-order valence-corrected chi connectivity index (χ2v) is 7.86. The summed E-state index contributed by atoms with van der Waals surface area (Å²) in [6.07, 6.45) is 7.36. The third kappa shape index (κ3) is 3.45. The lowest BCUT2D eigenvalue weighted by Crippen LogP contribution is -2.60. The molecule has 0 bridgehead atoms. The number of anilines is 1. The third-order valence-corrected chi connectivity index (χ3v) is 6.10. The highest BCUT2D eigenvalue weighted by Crippen LogP contribution is 2.41. The number of rotatable bonds is 5. The van der Waals surface area contributed by atoms with Crippen LogP contribution >= 0.6 is 11.6 Å². The maximum absolute atomic E-state index is 6.90. The van der Waals surface area contributed by atoms with Crippen molar-refractivity contribution in [1.82, 2.24) is 9.66 Å². The van der Waals surface area contributed by atoms with Gasteiger partial charge in [0.05, 0.1) is 11.6 Å². The topological polar surface area (TPSA) is 103 Å². The van der Waals surface area contributed by atoms with Crippen molar-refractivity contribution in [2.75, 3.05) is 17.3 Å². The van der Waals surface area contributed by atoms with Crippen LogP contribution in [-0.4, -0.2) is 28.0 Å². The summed E-state index contributed by atoms with van der Waals surface area (Å²) in [5.41, 5.74) is 17.0. The highest BCUT2D eigenvalue weighted by molar-refractivity contribution is 6.34. The molecule has 1 aliphatic carbocycles. The number of halogens is 1. The monoisotopic (exact) mass is 402 g/mol. The molecule has 1 unspecified atom stereocenters. The Morgan fingerprint density at radius 1 is 1.29 bits per heavy atom. The Morgan fingerprint density at radius 2 is 2.00 bits per heavy atom. The van der Waals surface area contributed by atoms with E-state index in [0.717, 1.165) is 37.1 Å². The Labute approximate surface area is 170 Å². The highest BCUT2D eigenvalue weighted by atomic mass is 35.5. The van der Waals surface area contributed by atoms with Gasteiger partial charge in [-0.1, -0.05) is 11.6 Å². The lowest BCUT2D eigenvalue weighted by molar-refractivity contribution is 0.235. The van der Waals surface area contributed by atoms with Crippen molar-refractivity contribution in [2.24, 2.45) is 17.4 Å². The molecule has 1 aliphatic heterocycles. The van der Waals surface area contributed by atoms with Gasteiger partial charge in [0, 0.05) is 30.0 Å². The maximum Gasteiger partial charge on any atom is 0.176 e. The Hall–Kier alpha value is -2.22. The summed E-state index contributed by atoms with van der Waals surface area (Å²) >= 11 is 6.90. The van der Waals surface area contributed by atoms with Crippen LogP contribution in [0.5, 0.6) is 5.75 Å². The number of imidazole rings is 1. The molecule has 28 heavy (non-hydrogen) atoms. The fourth-order valence-corrected chi connectivity index (χ4v) is 4.36. The summed E-state index contributed by atoms with van der Waals surface area (Å²) in [5, 5.41) is 3.95. The van der Waals surface area contributed by atoms with E-state index in [1.54, 1.807) is 6.20 Å². The quantitative estimate of drug-likeness (QED) is 0.613. The summed E-state index contributed by atoms with van der Waals surface area (Å²) in [7, 11) is 0. The second kappa shape index (κ2) is 7.66. The zero-order valence-corrected chi connectivity index (χ0v) is 16.7. The van der Waals surface area contributed by atoms with E-state index in [4.69, 9.17) is 27.8 Å². The van der Waals surface area contributed by atoms with E-state index in [1.165, 1.54) is 0 Å². The van der Waals surface area contributed by atoms with E-state index < -0.39 is 5.66 Å². The summed E-state index contributed by atoms with van der Waals surface area (Å²) in [6.45, 7) is 2.60. The van der Waals surface area contributed by atoms with Crippen molar-refractivity contribution < 1.29 is 4.74 Å². The average molecular weight is 403 g/mol. The van der Waals surface area contributed by atoms with Crippen LogP contribution in [0.1, 0.15) is 38.4 Å². The predicted molar refractivity (Wildman–Crippen MR) is 112 cm³/mol. The predicted octanol–water partition coefficient (Wildman–Crippen LogP) is 3.03. The molecule has 8 heteroatoms. The van der Waals surface area contributed by atoms with Gasteiger partial charge in [-0.25, -0.2) is 9.66 Å². The van der Waals surface area contributed by atoms with Crippen molar-refractivity contribution >= 4 is 23.0 Å². The first-order valence-electron chi connectivity index (χ1n) is 9.77. The van der Waals surface area contributed by atoms with Gasteiger partial charge in [-0.2, -0.15) is 0 Å². The Bertz CT molecular complexity index is 856. The minimum absolute atomic E-state index is 0.187. The van der Waals surface area contributed by atoms with Crippen LogP contribution in [0.15, 0.2) is 41.7 Å². The maximum atomic E-state index is 6.90. The number of fused-ring (bicyclic) bond motifs is 1. The second-order valence-electron chi connectivity index (χ2n) is 7.48. The van der Waals surface area contributed by atoms with E-state index in [2.05, 4.69) is 15.7 Å². The number of hydrogen-bond acceptors (Lipinski definition) is 6. The summed E-state index contributed by atoms with van der Waals surface area (Å²) in [4.78, 5) is 4.45. The summed E-state index contributed by atoms with van der Waals surface area (Å²) in [5.74, 6) is 1.71. The molecule has 1 atom stereocenters. The van der Waals surface area contributed by atoms with Gasteiger partial charge in [-0.3, -0.25) is 5.43 Å². The molecule has 1 aromatic carbocycles. The molecule has 7 nitrogen and oxygen atoms in total. The average Bonchev–Trinajstić information content (AvgIpc) is 3.15. The van der Waals surface area contributed by atoms with Crippen molar-refractivity contribution in [2.45, 2.75) is 44.3 Å². The summed E-state index contributed by atoms with van der Waals surface area (Å²) < 4.78 is 7.36. The van der Waals surface area contributed by atoms with E-state index in [9.17, 15) is 0 Å². The van der Waals surface area contributed by atoms with Gasteiger partial charge >= 0.3 is 0 Å². The fraction of sp³-hybridized carbons (Fsp3) is 0.450. The molecule has 0 spiro atoms. The van der Waals surface area contributed by atoms with Crippen LogP contribution in [0.2, 0.25) is 0 Å². The first kappa shape index (κ1) is 19.1. The standard InChI is InChI=1S/C20H27ClN6O/c1-2-28-16-9-7-15(8-10-16)25-17-18(21)20(23,13-3-5-14(22)6-4-13)26-27-12-11-24-19(17)27/h7-14,25-26H,2-6,22-23H2,1H3. The van der Waals surface area contributed by atoms with Gasteiger partial charge in [0.1, 0.15) is 17.1 Å². The van der Waals surface area contributed by atoms with Crippen LogP contribution in [0.3, 0.4) is 0 Å². The molecule has 2 aliphatic rings. The molecule has 4 rings (SSSR count). The molecular weight excluding hydrogens is 376 g/mol. The van der Waals surface area contributed by atoms with E-state index in [0.29, 0.717) is 23.2 Å². The lowest BCUT2D eigenvalue weighted by Gasteiger charge is -2.44. The molecule has 0 radical (unpaired) electrons. The molecule has 0 saturated heterocycles. The molecule has 2 aromatic rings. The van der Waals surface area contributed by atoms with Crippen LogP contribution in [-0.2, 0) is 0 Å². The molecule has 1 saturated carbocycles. The SMILES string of the molecule is CCOc1ccc(NC2=C(Cl)C(N)(C3CCC(N)CC3)Nn3ccnc32)cc1. The Kier molecular flexibility index (Phi) is 5.23. The number of benzene rings is 1.